The van der Waals surface area contributed by atoms with Crippen molar-refractivity contribution < 1.29 is 64.2 Å². The molecule has 13 heteroatoms. The molecular formula is C38H58O13. The summed E-state index contributed by atoms with van der Waals surface area (Å²) in [6.07, 6.45) is -7.86. The molecule has 288 valence electrons. The summed E-state index contributed by atoms with van der Waals surface area (Å²) in [7, 11) is 0. The highest BCUT2D eigenvalue weighted by Gasteiger charge is 2.70. The molecule has 21 atom stereocenters. The fourth-order valence-electron chi connectivity index (χ4n) is 12.2. The van der Waals surface area contributed by atoms with Crippen LogP contribution in [0.25, 0.3) is 0 Å². The van der Waals surface area contributed by atoms with E-state index in [4.69, 9.17) is 28.4 Å². The molecule has 4 aliphatic carbocycles. The van der Waals surface area contributed by atoms with Crippen LogP contribution < -0.4 is 0 Å². The van der Waals surface area contributed by atoms with E-state index in [1.54, 1.807) is 0 Å². The Bertz CT molecular complexity index is 1360. The molecule has 7 N–H and O–H groups in total. The monoisotopic (exact) mass is 722 g/mol. The van der Waals surface area contributed by atoms with Gasteiger partial charge >= 0.3 is 0 Å². The summed E-state index contributed by atoms with van der Waals surface area (Å²) in [5.41, 5.74) is 1.51. The Labute approximate surface area is 299 Å². The summed E-state index contributed by atoms with van der Waals surface area (Å²) < 4.78 is 36.9. The van der Waals surface area contributed by atoms with E-state index in [2.05, 4.69) is 33.4 Å². The standard InChI is InChI=1S/C38H58O13/c1-16-8-11-38(47-14-16)17(2)26-25(51-38)13-22-20-7-6-19-12-23(39)31(33(45)37(19,5)21(20)9-10-36(22,26)4)49-35-32(28(42)24(40)15-46-35)50-34-30(44)29(43)27(41)18(3)48-34/h6,17-18,20-35,39-45H,1,7-15H2,2-5H3. The molecule has 51 heavy (non-hydrogen) atoms. The predicted molar refractivity (Wildman–Crippen MR) is 178 cm³/mol. The lowest BCUT2D eigenvalue weighted by Gasteiger charge is -2.60. The number of allylic oxidation sites excluding steroid dienone is 1. The zero-order chi connectivity index (χ0) is 36.4. The minimum atomic E-state index is -1.67. The molecule has 0 aromatic heterocycles. The number of fused-ring (bicyclic) bond motifs is 7. The highest BCUT2D eigenvalue weighted by atomic mass is 16.8. The molecule has 3 saturated carbocycles. The van der Waals surface area contributed by atoms with Crippen molar-refractivity contribution in [2.45, 2.75) is 158 Å². The Balaban J connectivity index is 1.01. The van der Waals surface area contributed by atoms with Crippen LogP contribution in [0.3, 0.4) is 0 Å². The zero-order valence-electron chi connectivity index (χ0n) is 30.1. The van der Waals surface area contributed by atoms with E-state index in [0.717, 1.165) is 49.7 Å². The number of hydrogen-bond acceptors (Lipinski definition) is 13. The molecule has 1 spiro atoms. The van der Waals surface area contributed by atoms with E-state index < -0.39 is 84.8 Å². The highest BCUT2D eigenvalue weighted by molar-refractivity contribution is 5.30. The molecule has 0 amide bonds. The molecule has 0 bridgehead atoms. The Kier molecular flexibility index (Phi) is 9.43. The van der Waals surface area contributed by atoms with Crippen molar-refractivity contribution in [1.82, 2.24) is 0 Å². The predicted octanol–water partition coefficient (Wildman–Crippen LogP) is 0.891. The quantitative estimate of drug-likeness (QED) is 0.202. The topological polar surface area (TPSA) is 197 Å². The summed E-state index contributed by atoms with van der Waals surface area (Å²) in [6, 6.07) is 0. The maximum atomic E-state index is 12.3. The van der Waals surface area contributed by atoms with E-state index >= 15 is 0 Å². The average molecular weight is 723 g/mol. The third-order valence-electron chi connectivity index (χ3n) is 15.1. The molecule has 0 radical (unpaired) electrons. The first-order chi connectivity index (χ1) is 24.1. The Hall–Kier alpha value is -1.04. The minimum absolute atomic E-state index is 0.0631. The van der Waals surface area contributed by atoms with Crippen LogP contribution in [0.4, 0.5) is 0 Å². The number of ether oxygens (including phenoxy) is 6. The molecule has 0 aromatic carbocycles. The Morgan fingerprint density at radius 1 is 0.863 bits per heavy atom. The van der Waals surface area contributed by atoms with E-state index in [0.29, 0.717) is 30.8 Å². The second kappa shape index (κ2) is 13.0. The van der Waals surface area contributed by atoms with Gasteiger partial charge in [-0.25, -0.2) is 0 Å². The zero-order valence-corrected chi connectivity index (χ0v) is 30.1. The normalized spacial score (nSPS) is 58.4. The van der Waals surface area contributed by atoms with Crippen LogP contribution in [0.5, 0.6) is 0 Å². The van der Waals surface area contributed by atoms with Crippen LogP contribution in [0.1, 0.15) is 72.6 Å². The van der Waals surface area contributed by atoms with Crippen molar-refractivity contribution in [3.63, 3.8) is 0 Å². The van der Waals surface area contributed by atoms with Gasteiger partial charge in [-0.05, 0) is 74.5 Å². The third-order valence-corrected chi connectivity index (χ3v) is 15.1. The van der Waals surface area contributed by atoms with E-state index in [-0.39, 0.29) is 30.0 Å². The average Bonchev–Trinajstić information content (AvgIpc) is 3.55. The molecule has 8 rings (SSSR count). The van der Waals surface area contributed by atoms with Gasteiger partial charge in [0.2, 0.25) is 0 Å². The van der Waals surface area contributed by atoms with Crippen molar-refractivity contribution >= 4 is 0 Å². The Morgan fingerprint density at radius 3 is 2.33 bits per heavy atom. The first kappa shape index (κ1) is 36.9. The van der Waals surface area contributed by atoms with Crippen LogP contribution in [-0.2, 0) is 28.4 Å². The van der Waals surface area contributed by atoms with Gasteiger partial charge in [0, 0.05) is 17.8 Å². The van der Waals surface area contributed by atoms with Crippen molar-refractivity contribution in [3.8, 4) is 0 Å². The van der Waals surface area contributed by atoms with Crippen molar-refractivity contribution in [3.05, 3.63) is 23.8 Å². The second-order valence-corrected chi connectivity index (χ2v) is 17.6. The van der Waals surface area contributed by atoms with Gasteiger partial charge in [0.15, 0.2) is 18.4 Å². The fraction of sp³-hybridized carbons (Fsp3) is 0.895. The molecule has 0 aromatic rings. The smallest absolute Gasteiger partial charge is 0.187 e. The molecule has 13 nitrogen and oxygen atoms in total. The SMILES string of the molecule is C=C1CCC2(OC1)OC1CC3C4CC=C5CC(O)C(OC6OCC(O)C(O)C6OC6OC(C)C(O)C(O)C6O)C(O)C5(C)C4CCC3(C)C1C2C. The van der Waals surface area contributed by atoms with Gasteiger partial charge in [0.1, 0.15) is 42.7 Å². The van der Waals surface area contributed by atoms with E-state index in [9.17, 15) is 35.7 Å². The van der Waals surface area contributed by atoms with Gasteiger partial charge < -0.3 is 64.2 Å². The van der Waals surface area contributed by atoms with Crippen molar-refractivity contribution in [1.29, 1.82) is 0 Å². The van der Waals surface area contributed by atoms with Gasteiger partial charge in [-0.1, -0.05) is 44.6 Å². The number of aliphatic hydroxyl groups excluding tert-OH is 7. The van der Waals surface area contributed by atoms with Crippen LogP contribution in [-0.4, -0.2) is 134 Å². The summed E-state index contributed by atoms with van der Waals surface area (Å²) in [6.45, 7) is 12.7. The molecule has 4 aliphatic heterocycles. The number of aliphatic hydroxyl groups is 7. The summed E-state index contributed by atoms with van der Waals surface area (Å²) in [5.74, 6) is 0.931. The second-order valence-electron chi connectivity index (χ2n) is 17.6. The van der Waals surface area contributed by atoms with Crippen molar-refractivity contribution in [2.24, 2.45) is 40.4 Å². The largest absolute Gasteiger partial charge is 0.390 e. The molecule has 8 aliphatic rings. The van der Waals surface area contributed by atoms with Gasteiger partial charge in [-0.2, -0.15) is 0 Å². The lowest BCUT2D eigenvalue weighted by atomic mass is 9.46. The maximum Gasteiger partial charge on any atom is 0.187 e. The summed E-state index contributed by atoms with van der Waals surface area (Å²) in [5, 5.41) is 76.3. The molecule has 21 unspecified atom stereocenters. The lowest BCUT2D eigenvalue weighted by Crippen LogP contribution is -2.65. The van der Waals surface area contributed by atoms with Crippen LogP contribution in [0, 0.1) is 40.4 Å². The van der Waals surface area contributed by atoms with Crippen LogP contribution >= 0.6 is 0 Å². The van der Waals surface area contributed by atoms with Gasteiger partial charge in [0.25, 0.3) is 0 Å². The van der Waals surface area contributed by atoms with Crippen LogP contribution in [0.15, 0.2) is 23.8 Å². The van der Waals surface area contributed by atoms with Gasteiger partial charge in [-0.3, -0.25) is 0 Å². The summed E-state index contributed by atoms with van der Waals surface area (Å²) >= 11 is 0. The number of hydrogen-bond donors (Lipinski definition) is 7. The fourth-order valence-corrected chi connectivity index (χ4v) is 12.2. The highest BCUT2D eigenvalue weighted by Crippen LogP contribution is 2.70. The first-order valence-electron chi connectivity index (χ1n) is 19.1. The summed E-state index contributed by atoms with van der Waals surface area (Å²) in [4.78, 5) is 0. The Morgan fingerprint density at radius 2 is 1.61 bits per heavy atom. The van der Waals surface area contributed by atoms with Crippen molar-refractivity contribution in [2.75, 3.05) is 13.2 Å². The van der Waals surface area contributed by atoms with E-state index in [1.165, 1.54) is 6.92 Å². The molecule has 7 fully saturated rings. The minimum Gasteiger partial charge on any atom is -0.390 e. The van der Waals surface area contributed by atoms with Crippen LogP contribution in [0.2, 0.25) is 0 Å². The molecular weight excluding hydrogens is 664 g/mol. The first-order valence-corrected chi connectivity index (χ1v) is 19.1. The lowest BCUT2D eigenvalue weighted by molar-refractivity contribution is -0.365. The van der Waals surface area contributed by atoms with Gasteiger partial charge in [-0.15, -0.1) is 0 Å². The van der Waals surface area contributed by atoms with E-state index in [1.807, 2.05) is 0 Å². The van der Waals surface area contributed by atoms with Gasteiger partial charge in [0.05, 0.1) is 37.6 Å². The maximum absolute atomic E-state index is 12.3. The number of rotatable bonds is 4. The molecule has 4 heterocycles. The molecule has 4 saturated heterocycles. The third kappa shape index (κ3) is 5.51.